The molecule has 0 radical (unpaired) electrons. The monoisotopic (exact) mass is 275 g/mol. The van der Waals surface area contributed by atoms with Crippen molar-refractivity contribution in [1.29, 1.82) is 0 Å². The average Bonchev–Trinajstić information content (AvgIpc) is 2.97. The molecule has 0 heterocycles. The van der Waals surface area contributed by atoms with Gasteiger partial charge in [-0.1, -0.05) is 49.6 Å². The molecule has 0 aliphatic heterocycles. The lowest BCUT2D eigenvalue weighted by atomic mass is 10.0. The molecule has 0 amide bonds. The summed E-state index contributed by atoms with van der Waals surface area (Å²) in [7, 11) is 0. The Morgan fingerprint density at radius 3 is 2.45 bits per heavy atom. The molecule has 20 heavy (non-hydrogen) atoms. The molecule has 1 N–H and O–H groups in total. The summed E-state index contributed by atoms with van der Waals surface area (Å²) in [6.07, 6.45) is 5.69. The van der Waals surface area contributed by atoms with Crippen LogP contribution < -0.4 is 5.32 Å². The Kier molecular flexibility index (Phi) is 6.06. The van der Waals surface area contributed by atoms with Crippen LogP contribution in [0.15, 0.2) is 24.3 Å². The molecule has 0 saturated heterocycles. The number of aryl methyl sites for hydroxylation is 1. The van der Waals surface area contributed by atoms with Crippen LogP contribution in [0.25, 0.3) is 0 Å². The Bertz CT molecular complexity index is 381. The molecular formula is C18H29NO. The quantitative estimate of drug-likeness (QED) is 0.803. The Morgan fingerprint density at radius 2 is 1.85 bits per heavy atom. The molecule has 2 nitrogen and oxygen atoms in total. The molecule has 1 aliphatic rings. The largest absolute Gasteiger partial charge is 0.376 e. The summed E-state index contributed by atoms with van der Waals surface area (Å²) in [5.41, 5.74) is 2.64. The third-order valence-electron chi connectivity index (χ3n) is 4.40. The minimum atomic E-state index is 0.221. The molecule has 0 aromatic heterocycles. The molecule has 1 fully saturated rings. The lowest BCUT2D eigenvalue weighted by Gasteiger charge is -2.27. The van der Waals surface area contributed by atoms with Crippen molar-refractivity contribution in [3.63, 3.8) is 0 Å². The van der Waals surface area contributed by atoms with Gasteiger partial charge in [0.1, 0.15) is 0 Å². The van der Waals surface area contributed by atoms with Crippen molar-refractivity contribution in [2.75, 3.05) is 13.2 Å². The van der Waals surface area contributed by atoms with E-state index in [1.807, 2.05) is 0 Å². The fourth-order valence-corrected chi connectivity index (χ4v) is 3.11. The summed E-state index contributed by atoms with van der Waals surface area (Å²) >= 11 is 0. The van der Waals surface area contributed by atoms with Gasteiger partial charge in [-0.15, -0.1) is 0 Å². The van der Waals surface area contributed by atoms with Crippen molar-refractivity contribution >= 4 is 0 Å². The third kappa shape index (κ3) is 4.32. The Hall–Kier alpha value is -0.860. The van der Waals surface area contributed by atoms with E-state index < -0.39 is 0 Å². The van der Waals surface area contributed by atoms with Crippen LogP contribution in [-0.4, -0.2) is 19.3 Å². The van der Waals surface area contributed by atoms with Gasteiger partial charge in [0.05, 0.1) is 12.1 Å². The molecule has 2 unspecified atom stereocenters. The van der Waals surface area contributed by atoms with Gasteiger partial charge in [0.2, 0.25) is 0 Å². The third-order valence-corrected chi connectivity index (χ3v) is 4.40. The molecule has 2 heteroatoms. The van der Waals surface area contributed by atoms with Gasteiger partial charge in [-0.25, -0.2) is 0 Å². The number of hydrogen-bond acceptors (Lipinski definition) is 2. The van der Waals surface area contributed by atoms with Crippen LogP contribution in [0.3, 0.4) is 0 Å². The topological polar surface area (TPSA) is 21.3 Å². The van der Waals surface area contributed by atoms with E-state index in [0.29, 0.717) is 6.04 Å². The Balaban J connectivity index is 1.93. The fraction of sp³-hybridized carbons (Fsp3) is 0.667. The number of benzene rings is 1. The van der Waals surface area contributed by atoms with Crippen molar-refractivity contribution in [1.82, 2.24) is 5.32 Å². The van der Waals surface area contributed by atoms with Crippen molar-refractivity contribution in [3.8, 4) is 0 Å². The van der Waals surface area contributed by atoms with Gasteiger partial charge in [-0.05, 0) is 44.7 Å². The van der Waals surface area contributed by atoms with Gasteiger partial charge in [0.25, 0.3) is 0 Å². The maximum Gasteiger partial charge on any atom is 0.0741 e. The van der Waals surface area contributed by atoms with E-state index in [4.69, 9.17) is 4.74 Å². The van der Waals surface area contributed by atoms with Gasteiger partial charge < -0.3 is 10.1 Å². The summed E-state index contributed by atoms with van der Waals surface area (Å²) in [6, 6.07) is 9.10. The maximum absolute atomic E-state index is 6.16. The molecule has 0 spiro atoms. The SMILES string of the molecule is CCNC(c1ccc(C)cc1)C(C)OCC1CCCC1. The van der Waals surface area contributed by atoms with Crippen LogP contribution in [0.4, 0.5) is 0 Å². The van der Waals surface area contributed by atoms with Gasteiger partial charge in [0, 0.05) is 6.61 Å². The van der Waals surface area contributed by atoms with Crippen molar-refractivity contribution in [2.45, 2.75) is 58.6 Å². The molecule has 1 saturated carbocycles. The molecule has 1 aromatic rings. The van der Waals surface area contributed by atoms with E-state index in [-0.39, 0.29) is 6.10 Å². The number of nitrogens with one attached hydrogen (secondary N) is 1. The van der Waals surface area contributed by atoms with E-state index in [1.54, 1.807) is 0 Å². The molecule has 2 rings (SSSR count). The molecular weight excluding hydrogens is 246 g/mol. The van der Waals surface area contributed by atoms with E-state index in [1.165, 1.54) is 36.8 Å². The van der Waals surface area contributed by atoms with Crippen LogP contribution in [0.1, 0.15) is 56.7 Å². The minimum Gasteiger partial charge on any atom is -0.376 e. The molecule has 1 aromatic carbocycles. The predicted octanol–water partition coefficient (Wildman–Crippen LogP) is 4.24. The van der Waals surface area contributed by atoms with Gasteiger partial charge >= 0.3 is 0 Å². The molecule has 0 bridgehead atoms. The maximum atomic E-state index is 6.16. The zero-order chi connectivity index (χ0) is 14.4. The van der Waals surface area contributed by atoms with E-state index in [0.717, 1.165) is 19.1 Å². The van der Waals surface area contributed by atoms with E-state index >= 15 is 0 Å². The summed E-state index contributed by atoms with van der Waals surface area (Å²) in [6.45, 7) is 8.38. The highest BCUT2D eigenvalue weighted by Gasteiger charge is 2.21. The van der Waals surface area contributed by atoms with Crippen molar-refractivity contribution < 1.29 is 4.74 Å². The van der Waals surface area contributed by atoms with E-state index in [2.05, 4.69) is 50.4 Å². The van der Waals surface area contributed by atoms with E-state index in [9.17, 15) is 0 Å². The second-order valence-electron chi connectivity index (χ2n) is 6.13. The lowest BCUT2D eigenvalue weighted by Crippen LogP contribution is -2.33. The number of hydrogen-bond donors (Lipinski definition) is 1. The first-order valence-electron chi connectivity index (χ1n) is 8.12. The lowest BCUT2D eigenvalue weighted by molar-refractivity contribution is 0.0181. The van der Waals surface area contributed by atoms with Gasteiger partial charge in [-0.2, -0.15) is 0 Å². The van der Waals surface area contributed by atoms with Crippen LogP contribution in [0.2, 0.25) is 0 Å². The van der Waals surface area contributed by atoms with Crippen LogP contribution >= 0.6 is 0 Å². The first-order valence-corrected chi connectivity index (χ1v) is 8.12. The zero-order valence-corrected chi connectivity index (χ0v) is 13.2. The van der Waals surface area contributed by atoms with Crippen LogP contribution in [0, 0.1) is 12.8 Å². The Labute approximate surface area is 123 Å². The Morgan fingerprint density at radius 1 is 1.20 bits per heavy atom. The highest BCUT2D eigenvalue weighted by Crippen LogP contribution is 2.27. The zero-order valence-electron chi connectivity index (χ0n) is 13.2. The number of ether oxygens (including phenoxy) is 1. The van der Waals surface area contributed by atoms with Crippen molar-refractivity contribution in [3.05, 3.63) is 35.4 Å². The van der Waals surface area contributed by atoms with Gasteiger partial charge in [0.15, 0.2) is 0 Å². The summed E-state index contributed by atoms with van der Waals surface area (Å²) in [4.78, 5) is 0. The standard InChI is InChI=1S/C18H29NO/c1-4-19-18(17-11-9-14(2)10-12-17)15(3)20-13-16-7-5-6-8-16/h9-12,15-16,18-19H,4-8,13H2,1-3H3. The summed E-state index contributed by atoms with van der Waals surface area (Å²) < 4.78 is 6.16. The minimum absolute atomic E-state index is 0.221. The number of likely N-dealkylation sites (N-methyl/N-ethyl adjacent to an activating group) is 1. The fourth-order valence-electron chi connectivity index (χ4n) is 3.11. The highest BCUT2D eigenvalue weighted by atomic mass is 16.5. The summed E-state index contributed by atoms with van der Waals surface area (Å²) in [5.74, 6) is 0.790. The normalized spacial score (nSPS) is 19.1. The molecule has 112 valence electrons. The van der Waals surface area contributed by atoms with Crippen LogP contribution in [0.5, 0.6) is 0 Å². The summed E-state index contributed by atoms with van der Waals surface area (Å²) in [5, 5.41) is 3.57. The van der Waals surface area contributed by atoms with Crippen LogP contribution in [-0.2, 0) is 4.74 Å². The smallest absolute Gasteiger partial charge is 0.0741 e. The predicted molar refractivity (Wildman–Crippen MR) is 85.0 cm³/mol. The first-order chi connectivity index (χ1) is 9.70. The average molecular weight is 275 g/mol. The second-order valence-corrected chi connectivity index (χ2v) is 6.13. The van der Waals surface area contributed by atoms with Crippen molar-refractivity contribution in [2.24, 2.45) is 5.92 Å². The second kappa shape index (κ2) is 7.80. The van der Waals surface area contributed by atoms with Gasteiger partial charge in [-0.3, -0.25) is 0 Å². The number of rotatable bonds is 7. The first kappa shape index (κ1) is 15.5. The highest BCUT2D eigenvalue weighted by molar-refractivity contribution is 5.24. The molecule has 2 atom stereocenters. The molecule has 1 aliphatic carbocycles.